The molecule has 1 fully saturated rings. The molecule has 1 saturated heterocycles. The first-order valence-electron chi connectivity index (χ1n) is 4.27. The minimum absolute atomic E-state index is 0.131. The summed E-state index contributed by atoms with van der Waals surface area (Å²) < 4.78 is 5.22. The highest BCUT2D eigenvalue weighted by molar-refractivity contribution is 7.99. The highest BCUT2D eigenvalue weighted by Gasteiger charge is 2.15. The van der Waals surface area contributed by atoms with Gasteiger partial charge in [-0.3, -0.25) is 0 Å². The van der Waals surface area contributed by atoms with Crippen molar-refractivity contribution in [3.05, 3.63) is 0 Å². The topological polar surface area (TPSA) is 49.7 Å². The van der Waals surface area contributed by atoms with Crippen LogP contribution in [0.2, 0.25) is 0 Å². The van der Waals surface area contributed by atoms with Gasteiger partial charge >= 0.3 is 0 Å². The molecule has 1 rings (SSSR count). The molecule has 12 heavy (non-hydrogen) atoms. The van der Waals surface area contributed by atoms with E-state index in [1.54, 1.807) is 11.8 Å². The summed E-state index contributed by atoms with van der Waals surface area (Å²) in [5, 5.41) is 17.6. The zero-order chi connectivity index (χ0) is 8.81. The van der Waals surface area contributed by atoms with Gasteiger partial charge in [0.25, 0.3) is 0 Å². The van der Waals surface area contributed by atoms with Crippen LogP contribution in [-0.4, -0.2) is 47.6 Å². The molecule has 3 nitrogen and oxygen atoms in total. The molecule has 2 unspecified atom stereocenters. The summed E-state index contributed by atoms with van der Waals surface area (Å²) >= 11 is 1.69. The third kappa shape index (κ3) is 3.76. The zero-order valence-corrected chi connectivity index (χ0v) is 7.92. The SMILES string of the molecule is OCC(O)CSCC1CCOC1. The maximum absolute atomic E-state index is 9.03. The number of aliphatic hydroxyl groups is 2. The van der Waals surface area contributed by atoms with E-state index < -0.39 is 6.10 Å². The number of thioether (sulfide) groups is 1. The van der Waals surface area contributed by atoms with Gasteiger partial charge < -0.3 is 14.9 Å². The lowest BCUT2D eigenvalue weighted by atomic mass is 10.2. The van der Waals surface area contributed by atoms with E-state index in [4.69, 9.17) is 14.9 Å². The van der Waals surface area contributed by atoms with Crippen LogP contribution >= 0.6 is 11.8 Å². The lowest BCUT2D eigenvalue weighted by Crippen LogP contribution is -2.16. The fraction of sp³-hybridized carbons (Fsp3) is 1.00. The average Bonchev–Trinajstić information content (AvgIpc) is 2.57. The molecule has 1 aliphatic heterocycles. The third-order valence-electron chi connectivity index (χ3n) is 1.90. The summed E-state index contributed by atoms with van der Waals surface area (Å²) in [4.78, 5) is 0. The van der Waals surface area contributed by atoms with Crippen molar-refractivity contribution in [1.29, 1.82) is 0 Å². The molecule has 1 heterocycles. The van der Waals surface area contributed by atoms with Gasteiger partial charge in [-0.15, -0.1) is 0 Å². The minimum atomic E-state index is -0.558. The Morgan fingerprint density at radius 3 is 3.00 bits per heavy atom. The predicted molar refractivity (Wildman–Crippen MR) is 49.3 cm³/mol. The van der Waals surface area contributed by atoms with Crippen molar-refractivity contribution in [1.82, 2.24) is 0 Å². The molecule has 2 N–H and O–H groups in total. The van der Waals surface area contributed by atoms with Crippen LogP contribution < -0.4 is 0 Å². The maximum Gasteiger partial charge on any atom is 0.0861 e. The van der Waals surface area contributed by atoms with E-state index in [2.05, 4.69) is 0 Å². The van der Waals surface area contributed by atoms with Gasteiger partial charge in [-0.1, -0.05) is 0 Å². The van der Waals surface area contributed by atoms with E-state index in [1.807, 2.05) is 0 Å². The van der Waals surface area contributed by atoms with Crippen LogP contribution in [0.25, 0.3) is 0 Å². The molecule has 0 radical (unpaired) electrons. The lowest BCUT2D eigenvalue weighted by Gasteiger charge is -2.09. The van der Waals surface area contributed by atoms with E-state index >= 15 is 0 Å². The number of aliphatic hydroxyl groups excluding tert-OH is 2. The van der Waals surface area contributed by atoms with Crippen molar-refractivity contribution in [2.45, 2.75) is 12.5 Å². The highest BCUT2D eigenvalue weighted by Crippen LogP contribution is 2.18. The van der Waals surface area contributed by atoms with Crippen molar-refractivity contribution in [3.63, 3.8) is 0 Å². The van der Waals surface area contributed by atoms with Crippen LogP contribution in [0.15, 0.2) is 0 Å². The van der Waals surface area contributed by atoms with Gasteiger partial charge in [0.15, 0.2) is 0 Å². The van der Waals surface area contributed by atoms with E-state index in [9.17, 15) is 0 Å². The summed E-state index contributed by atoms with van der Waals surface area (Å²) in [6, 6.07) is 0. The van der Waals surface area contributed by atoms with Gasteiger partial charge in [0.1, 0.15) is 0 Å². The number of hydrogen-bond donors (Lipinski definition) is 2. The molecule has 72 valence electrons. The smallest absolute Gasteiger partial charge is 0.0861 e. The Morgan fingerprint density at radius 1 is 1.58 bits per heavy atom. The monoisotopic (exact) mass is 192 g/mol. The summed E-state index contributed by atoms with van der Waals surface area (Å²) in [6.45, 7) is 1.62. The average molecular weight is 192 g/mol. The largest absolute Gasteiger partial charge is 0.394 e. The second-order valence-electron chi connectivity index (χ2n) is 3.10. The Morgan fingerprint density at radius 2 is 2.42 bits per heavy atom. The van der Waals surface area contributed by atoms with Gasteiger partial charge in [0, 0.05) is 12.4 Å². The molecular formula is C8H16O3S. The number of rotatable bonds is 5. The Balaban J connectivity index is 1.94. The van der Waals surface area contributed by atoms with Gasteiger partial charge in [-0.2, -0.15) is 11.8 Å². The van der Waals surface area contributed by atoms with Crippen LogP contribution in [0.3, 0.4) is 0 Å². The van der Waals surface area contributed by atoms with Gasteiger partial charge in [-0.25, -0.2) is 0 Å². The van der Waals surface area contributed by atoms with E-state index in [0.717, 1.165) is 25.4 Å². The molecule has 0 aromatic heterocycles. The molecule has 0 amide bonds. The highest BCUT2D eigenvalue weighted by atomic mass is 32.2. The zero-order valence-electron chi connectivity index (χ0n) is 7.11. The van der Waals surface area contributed by atoms with Gasteiger partial charge in [0.05, 0.1) is 19.3 Å². The molecule has 0 aliphatic carbocycles. The fourth-order valence-corrected chi connectivity index (χ4v) is 2.25. The molecule has 0 saturated carbocycles. The standard InChI is InChI=1S/C8H16O3S/c9-3-8(10)6-12-5-7-1-2-11-4-7/h7-10H,1-6H2. The van der Waals surface area contributed by atoms with Crippen molar-refractivity contribution < 1.29 is 14.9 Å². The number of ether oxygens (including phenoxy) is 1. The van der Waals surface area contributed by atoms with Gasteiger partial charge in [-0.05, 0) is 18.1 Å². The first kappa shape index (κ1) is 10.3. The molecule has 0 spiro atoms. The van der Waals surface area contributed by atoms with E-state index in [1.165, 1.54) is 0 Å². The molecule has 0 aromatic rings. The van der Waals surface area contributed by atoms with Crippen molar-refractivity contribution >= 4 is 11.8 Å². The Kier molecular flexibility index (Phi) is 4.99. The maximum atomic E-state index is 9.03. The Bertz CT molecular complexity index is 115. The van der Waals surface area contributed by atoms with Crippen molar-refractivity contribution in [3.8, 4) is 0 Å². The molecule has 0 bridgehead atoms. The van der Waals surface area contributed by atoms with Crippen molar-refractivity contribution in [2.24, 2.45) is 5.92 Å². The quantitative estimate of drug-likeness (QED) is 0.649. The number of hydrogen-bond acceptors (Lipinski definition) is 4. The van der Waals surface area contributed by atoms with E-state index in [-0.39, 0.29) is 6.61 Å². The van der Waals surface area contributed by atoms with Crippen LogP contribution in [0.5, 0.6) is 0 Å². The summed E-state index contributed by atoms with van der Waals surface area (Å²) in [5.74, 6) is 2.32. The second-order valence-corrected chi connectivity index (χ2v) is 4.18. The summed E-state index contributed by atoms with van der Waals surface area (Å²) in [5.41, 5.74) is 0. The lowest BCUT2D eigenvalue weighted by molar-refractivity contribution is 0.113. The first-order chi connectivity index (χ1) is 5.83. The normalized spacial score (nSPS) is 26.0. The Labute approximate surface area is 77.1 Å². The summed E-state index contributed by atoms with van der Waals surface area (Å²) in [7, 11) is 0. The summed E-state index contributed by atoms with van der Waals surface area (Å²) in [6.07, 6.45) is 0.583. The molecule has 4 heteroatoms. The van der Waals surface area contributed by atoms with Crippen LogP contribution in [0.4, 0.5) is 0 Å². The molecule has 0 aromatic carbocycles. The van der Waals surface area contributed by atoms with Crippen LogP contribution in [-0.2, 0) is 4.74 Å². The fourth-order valence-electron chi connectivity index (χ4n) is 1.14. The second kappa shape index (κ2) is 5.80. The van der Waals surface area contributed by atoms with E-state index in [0.29, 0.717) is 11.7 Å². The minimum Gasteiger partial charge on any atom is -0.394 e. The van der Waals surface area contributed by atoms with Crippen molar-refractivity contribution in [2.75, 3.05) is 31.3 Å². The van der Waals surface area contributed by atoms with Crippen LogP contribution in [0, 0.1) is 5.92 Å². The molecular weight excluding hydrogens is 176 g/mol. The van der Waals surface area contributed by atoms with Gasteiger partial charge in [0.2, 0.25) is 0 Å². The first-order valence-corrected chi connectivity index (χ1v) is 5.43. The third-order valence-corrected chi connectivity index (χ3v) is 3.23. The van der Waals surface area contributed by atoms with Crippen LogP contribution in [0.1, 0.15) is 6.42 Å². The predicted octanol–water partition coefficient (Wildman–Crippen LogP) is 0.109. The molecule has 1 aliphatic rings. The molecule has 2 atom stereocenters. The Hall–Kier alpha value is 0.230.